The summed E-state index contributed by atoms with van der Waals surface area (Å²) in [5.41, 5.74) is 3.90. The number of hydrogen-bond acceptors (Lipinski definition) is 1. The molecule has 1 aromatic heterocycles. The normalized spacial score (nSPS) is 20.4. The minimum absolute atomic E-state index is 0.554. The maximum absolute atomic E-state index is 4.28. The first kappa shape index (κ1) is 6.59. The molecule has 0 spiro atoms. The third-order valence-corrected chi connectivity index (χ3v) is 2.24. The Morgan fingerprint density at radius 2 is 2.27 bits per heavy atom. The fourth-order valence-electron chi connectivity index (χ4n) is 1.65. The van der Waals surface area contributed by atoms with Crippen LogP contribution in [-0.4, -0.2) is 4.98 Å². The summed E-state index contributed by atoms with van der Waals surface area (Å²) >= 11 is 0. The quantitative estimate of drug-likeness (QED) is 0.546. The molecule has 1 aliphatic rings. The first-order valence-electron chi connectivity index (χ1n) is 3.93. The molecule has 1 aliphatic carbocycles. The second-order valence-corrected chi connectivity index (χ2v) is 3.07. The number of hydrogen-bond donors (Lipinski definition) is 0. The van der Waals surface area contributed by atoms with E-state index in [-0.39, 0.29) is 0 Å². The Hall–Kier alpha value is -1.11. The van der Waals surface area contributed by atoms with E-state index in [9.17, 15) is 0 Å². The number of nitrogens with zero attached hydrogens (tertiary/aromatic N) is 1. The molecule has 0 aromatic carbocycles. The predicted octanol–water partition coefficient (Wildman–Crippen LogP) is 2.52. The molecule has 1 heteroatoms. The lowest BCUT2D eigenvalue weighted by atomic mass is 10.0. The fraction of sp³-hybridized carbons (Fsp3) is 0.300. The molecular formula is C10H11N. The molecule has 0 N–H and O–H groups in total. The van der Waals surface area contributed by atoms with Gasteiger partial charge in [-0.15, -0.1) is 0 Å². The number of pyridine rings is 1. The third kappa shape index (κ3) is 0.881. The molecule has 1 atom stereocenters. The Labute approximate surface area is 66.8 Å². The van der Waals surface area contributed by atoms with Crippen molar-refractivity contribution in [1.29, 1.82) is 0 Å². The first-order valence-corrected chi connectivity index (χ1v) is 3.93. The Balaban J connectivity index is 2.65. The molecule has 0 bridgehead atoms. The van der Waals surface area contributed by atoms with Gasteiger partial charge in [0.05, 0.1) is 5.69 Å². The van der Waals surface area contributed by atoms with E-state index in [0.29, 0.717) is 5.92 Å². The van der Waals surface area contributed by atoms with Gasteiger partial charge in [0, 0.05) is 12.1 Å². The van der Waals surface area contributed by atoms with Gasteiger partial charge >= 0.3 is 0 Å². The van der Waals surface area contributed by atoms with Crippen molar-refractivity contribution in [3.05, 3.63) is 35.2 Å². The summed E-state index contributed by atoms with van der Waals surface area (Å²) in [4.78, 5) is 4.28. The van der Waals surface area contributed by atoms with Crippen molar-refractivity contribution in [2.24, 2.45) is 0 Å². The van der Waals surface area contributed by atoms with E-state index >= 15 is 0 Å². The predicted molar refractivity (Wildman–Crippen MR) is 46.4 cm³/mol. The van der Waals surface area contributed by atoms with E-state index in [0.717, 1.165) is 5.69 Å². The lowest BCUT2D eigenvalue weighted by Crippen LogP contribution is -1.93. The van der Waals surface area contributed by atoms with Gasteiger partial charge in [-0.3, -0.25) is 4.98 Å². The summed E-state index contributed by atoms with van der Waals surface area (Å²) in [6.45, 7) is 4.35. The van der Waals surface area contributed by atoms with Crippen LogP contribution in [0.15, 0.2) is 18.3 Å². The van der Waals surface area contributed by atoms with Crippen molar-refractivity contribution < 1.29 is 0 Å². The van der Waals surface area contributed by atoms with Crippen molar-refractivity contribution >= 4 is 6.08 Å². The molecule has 1 aromatic rings. The highest BCUT2D eigenvalue weighted by molar-refractivity contribution is 5.60. The van der Waals surface area contributed by atoms with Gasteiger partial charge in [-0.2, -0.15) is 0 Å². The van der Waals surface area contributed by atoms with Gasteiger partial charge < -0.3 is 0 Å². The third-order valence-electron chi connectivity index (χ3n) is 2.24. The number of aromatic nitrogens is 1. The van der Waals surface area contributed by atoms with Crippen LogP contribution < -0.4 is 0 Å². The van der Waals surface area contributed by atoms with E-state index < -0.39 is 0 Å². The molecule has 0 saturated carbocycles. The Bertz CT molecular complexity index is 313. The highest BCUT2D eigenvalue weighted by Crippen LogP contribution is 2.30. The molecule has 1 nitrogen and oxygen atoms in total. The summed E-state index contributed by atoms with van der Waals surface area (Å²) in [6, 6.07) is 2.07. The topological polar surface area (TPSA) is 12.9 Å². The monoisotopic (exact) mass is 145 g/mol. The van der Waals surface area contributed by atoms with Crippen LogP contribution in [-0.2, 0) is 0 Å². The zero-order valence-electron chi connectivity index (χ0n) is 6.83. The van der Waals surface area contributed by atoms with Gasteiger partial charge in [0.1, 0.15) is 0 Å². The van der Waals surface area contributed by atoms with Crippen molar-refractivity contribution in [2.75, 3.05) is 0 Å². The van der Waals surface area contributed by atoms with E-state index in [1.807, 2.05) is 6.20 Å². The van der Waals surface area contributed by atoms with Crippen molar-refractivity contribution in [3.63, 3.8) is 0 Å². The highest BCUT2D eigenvalue weighted by Gasteiger charge is 2.14. The van der Waals surface area contributed by atoms with Crippen LogP contribution >= 0.6 is 0 Å². The van der Waals surface area contributed by atoms with Crippen LogP contribution in [0.4, 0.5) is 0 Å². The molecule has 11 heavy (non-hydrogen) atoms. The van der Waals surface area contributed by atoms with Crippen LogP contribution in [0.25, 0.3) is 6.08 Å². The number of allylic oxidation sites excluding steroid dienone is 1. The van der Waals surface area contributed by atoms with Gasteiger partial charge in [-0.25, -0.2) is 0 Å². The Morgan fingerprint density at radius 3 is 3.00 bits per heavy atom. The molecule has 1 unspecified atom stereocenters. The van der Waals surface area contributed by atoms with Gasteiger partial charge in [0.15, 0.2) is 0 Å². The van der Waals surface area contributed by atoms with Crippen LogP contribution in [0, 0.1) is 6.92 Å². The summed E-state index contributed by atoms with van der Waals surface area (Å²) in [5.74, 6) is 0.554. The van der Waals surface area contributed by atoms with Gasteiger partial charge in [-0.1, -0.05) is 13.0 Å². The highest BCUT2D eigenvalue weighted by atomic mass is 14.7. The van der Waals surface area contributed by atoms with Crippen molar-refractivity contribution in [1.82, 2.24) is 4.98 Å². The van der Waals surface area contributed by atoms with Gasteiger partial charge in [0.2, 0.25) is 0 Å². The van der Waals surface area contributed by atoms with E-state index in [1.165, 1.54) is 11.1 Å². The Morgan fingerprint density at radius 1 is 1.45 bits per heavy atom. The SMILES string of the molecule is Cc1ccnc2c1C(C)C=C2. The minimum Gasteiger partial charge on any atom is -0.257 e. The molecule has 2 rings (SSSR count). The number of rotatable bonds is 0. The van der Waals surface area contributed by atoms with Crippen LogP contribution in [0.1, 0.15) is 29.7 Å². The molecule has 0 saturated heterocycles. The smallest absolute Gasteiger partial charge is 0.0667 e. The molecule has 0 fully saturated rings. The average Bonchev–Trinajstić information content (AvgIpc) is 2.34. The summed E-state index contributed by atoms with van der Waals surface area (Å²) in [5, 5.41) is 0. The van der Waals surface area contributed by atoms with Gasteiger partial charge in [-0.05, 0) is 30.2 Å². The zero-order chi connectivity index (χ0) is 7.84. The zero-order valence-corrected chi connectivity index (χ0v) is 6.83. The molecule has 0 radical (unpaired) electrons. The largest absolute Gasteiger partial charge is 0.257 e. The summed E-state index contributed by atoms with van der Waals surface area (Å²) < 4.78 is 0. The second kappa shape index (κ2) is 2.19. The molecule has 0 amide bonds. The van der Waals surface area contributed by atoms with Gasteiger partial charge in [0.25, 0.3) is 0 Å². The maximum Gasteiger partial charge on any atom is 0.0667 e. The number of aryl methyl sites for hydroxylation is 1. The fourth-order valence-corrected chi connectivity index (χ4v) is 1.65. The van der Waals surface area contributed by atoms with Crippen molar-refractivity contribution in [3.8, 4) is 0 Å². The molecule has 1 heterocycles. The van der Waals surface area contributed by atoms with E-state index in [1.54, 1.807) is 0 Å². The number of fused-ring (bicyclic) bond motifs is 1. The minimum atomic E-state index is 0.554. The lowest BCUT2D eigenvalue weighted by Gasteiger charge is -2.06. The van der Waals surface area contributed by atoms with E-state index in [4.69, 9.17) is 0 Å². The van der Waals surface area contributed by atoms with Crippen LogP contribution in [0.5, 0.6) is 0 Å². The van der Waals surface area contributed by atoms with E-state index in [2.05, 4.69) is 37.0 Å². The molecular weight excluding hydrogens is 134 g/mol. The van der Waals surface area contributed by atoms with Crippen LogP contribution in [0.3, 0.4) is 0 Å². The maximum atomic E-state index is 4.28. The second-order valence-electron chi connectivity index (χ2n) is 3.07. The molecule has 56 valence electrons. The first-order chi connectivity index (χ1) is 5.29. The average molecular weight is 145 g/mol. The standard InChI is InChI=1S/C10H11N/c1-7-3-4-9-10(7)8(2)5-6-11-9/h3-7H,1-2H3. The summed E-state index contributed by atoms with van der Waals surface area (Å²) in [7, 11) is 0. The van der Waals surface area contributed by atoms with Crippen LogP contribution in [0.2, 0.25) is 0 Å². The Kier molecular flexibility index (Phi) is 1.31. The lowest BCUT2D eigenvalue weighted by molar-refractivity contribution is 0.960. The van der Waals surface area contributed by atoms with Crippen molar-refractivity contribution in [2.45, 2.75) is 19.8 Å². The molecule has 0 aliphatic heterocycles. The summed E-state index contributed by atoms with van der Waals surface area (Å²) in [6.07, 6.45) is 6.17.